The molecule has 2 fully saturated rings. The average molecular weight is 257 g/mol. The summed E-state index contributed by atoms with van der Waals surface area (Å²) in [6.45, 7) is 6.62. The van der Waals surface area contributed by atoms with Gasteiger partial charge in [-0.15, -0.1) is 0 Å². The number of nitrogens with two attached hydrogens (primary N) is 1. The second kappa shape index (κ2) is 6.44. The molecule has 1 heterocycles. The number of hydrogen-bond donors (Lipinski definition) is 1. The molecule has 1 saturated carbocycles. The Hall–Kier alpha value is 0.270. The topological polar surface area (TPSA) is 35.2 Å². The number of thioether (sulfide) groups is 1. The highest BCUT2D eigenvalue weighted by atomic mass is 32.2. The van der Waals surface area contributed by atoms with Crippen LogP contribution in [0.25, 0.3) is 0 Å². The van der Waals surface area contributed by atoms with Crippen LogP contribution in [0.3, 0.4) is 0 Å². The van der Waals surface area contributed by atoms with Crippen LogP contribution in [0.15, 0.2) is 0 Å². The van der Waals surface area contributed by atoms with Crippen LogP contribution in [0.4, 0.5) is 0 Å². The minimum absolute atomic E-state index is 0.429. The Morgan fingerprint density at radius 3 is 2.47 bits per heavy atom. The van der Waals surface area contributed by atoms with Gasteiger partial charge in [0, 0.05) is 29.8 Å². The smallest absolute Gasteiger partial charge is 0.0476 e. The molecular weight excluding hydrogens is 230 g/mol. The molecule has 1 aliphatic carbocycles. The van der Waals surface area contributed by atoms with Crippen molar-refractivity contribution in [1.29, 1.82) is 0 Å². The summed E-state index contributed by atoms with van der Waals surface area (Å²) < 4.78 is 5.43. The summed E-state index contributed by atoms with van der Waals surface area (Å²) in [6, 6.07) is 0.429. The lowest BCUT2D eigenvalue weighted by atomic mass is 9.79. The molecule has 2 rings (SSSR count). The van der Waals surface area contributed by atoms with Gasteiger partial charge in [0.1, 0.15) is 0 Å². The number of ether oxygens (including phenoxy) is 1. The molecule has 3 atom stereocenters. The van der Waals surface area contributed by atoms with Crippen molar-refractivity contribution >= 4 is 11.8 Å². The summed E-state index contributed by atoms with van der Waals surface area (Å²) in [5.41, 5.74) is 6.31. The van der Waals surface area contributed by atoms with Gasteiger partial charge in [-0.25, -0.2) is 0 Å². The predicted octanol–water partition coefficient (Wildman–Crippen LogP) is 3.05. The van der Waals surface area contributed by atoms with Crippen molar-refractivity contribution in [1.82, 2.24) is 0 Å². The van der Waals surface area contributed by atoms with Crippen molar-refractivity contribution < 1.29 is 4.74 Å². The van der Waals surface area contributed by atoms with Gasteiger partial charge in [0.2, 0.25) is 0 Å². The van der Waals surface area contributed by atoms with Gasteiger partial charge in [0.15, 0.2) is 0 Å². The lowest BCUT2D eigenvalue weighted by Gasteiger charge is -2.38. The second-order valence-electron chi connectivity index (χ2n) is 5.97. The Bertz CT molecular complexity index is 228. The number of rotatable bonds is 3. The highest BCUT2D eigenvalue weighted by molar-refractivity contribution is 8.00. The van der Waals surface area contributed by atoms with E-state index in [-0.39, 0.29) is 0 Å². The van der Waals surface area contributed by atoms with Gasteiger partial charge in [-0.05, 0) is 43.9 Å². The van der Waals surface area contributed by atoms with Crippen LogP contribution in [-0.2, 0) is 4.74 Å². The van der Waals surface area contributed by atoms with E-state index in [4.69, 9.17) is 10.5 Å². The summed E-state index contributed by atoms with van der Waals surface area (Å²) in [4.78, 5) is 0. The lowest BCUT2D eigenvalue weighted by molar-refractivity contribution is 0.0997. The zero-order valence-electron chi connectivity index (χ0n) is 11.2. The van der Waals surface area contributed by atoms with Gasteiger partial charge in [-0.1, -0.05) is 13.8 Å². The maximum absolute atomic E-state index is 6.31. The molecule has 3 unspecified atom stereocenters. The molecule has 2 nitrogen and oxygen atoms in total. The molecule has 2 aliphatic rings. The van der Waals surface area contributed by atoms with Crippen molar-refractivity contribution in [2.75, 3.05) is 13.2 Å². The highest BCUT2D eigenvalue weighted by Crippen LogP contribution is 2.38. The SMILES string of the molecule is CC(C)C1CCC(N)C(SC2CCOCC2)C1. The summed E-state index contributed by atoms with van der Waals surface area (Å²) >= 11 is 2.17. The van der Waals surface area contributed by atoms with E-state index in [2.05, 4.69) is 25.6 Å². The normalized spacial score (nSPS) is 36.4. The van der Waals surface area contributed by atoms with E-state index >= 15 is 0 Å². The third kappa shape index (κ3) is 3.87. The fourth-order valence-corrected chi connectivity index (χ4v) is 4.66. The van der Waals surface area contributed by atoms with Gasteiger partial charge in [-0.2, -0.15) is 11.8 Å². The molecule has 0 aromatic rings. The predicted molar refractivity (Wildman–Crippen MR) is 75.4 cm³/mol. The molecule has 2 N–H and O–H groups in total. The fraction of sp³-hybridized carbons (Fsp3) is 1.00. The molecule has 0 bridgehead atoms. The standard InChI is InChI=1S/C14H27NOS/c1-10(2)11-3-4-13(15)14(9-11)17-12-5-7-16-8-6-12/h10-14H,3-9,15H2,1-2H3. The minimum atomic E-state index is 0.429. The molecule has 0 radical (unpaired) electrons. The Morgan fingerprint density at radius 1 is 1.12 bits per heavy atom. The zero-order chi connectivity index (χ0) is 12.3. The van der Waals surface area contributed by atoms with Gasteiger partial charge >= 0.3 is 0 Å². The summed E-state index contributed by atoms with van der Waals surface area (Å²) in [6.07, 6.45) is 6.34. The van der Waals surface area contributed by atoms with E-state index in [9.17, 15) is 0 Å². The van der Waals surface area contributed by atoms with E-state index < -0.39 is 0 Å². The summed E-state index contributed by atoms with van der Waals surface area (Å²) in [7, 11) is 0. The third-order valence-electron chi connectivity index (χ3n) is 4.36. The molecule has 17 heavy (non-hydrogen) atoms. The molecule has 0 amide bonds. The van der Waals surface area contributed by atoms with Gasteiger partial charge in [-0.3, -0.25) is 0 Å². The largest absolute Gasteiger partial charge is 0.381 e. The van der Waals surface area contributed by atoms with Gasteiger partial charge < -0.3 is 10.5 Å². The molecule has 0 aromatic carbocycles. The second-order valence-corrected chi connectivity index (χ2v) is 7.51. The van der Waals surface area contributed by atoms with Crippen molar-refractivity contribution in [3.05, 3.63) is 0 Å². The Balaban J connectivity index is 1.84. The summed E-state index contributed by atoms with van der Waals surface area (Å²) in [5.74, 6) is 1.72. The molecule has 3 heteroatoms. The Morgan fingerprint density at radius 2 is 1.82 bits per heavy atom. The quantitative estimate of drug-likeness (QED) is 0.844. The maximum Gasteiger partial charge on any atom is 0.0476 e. The zero-order valence-corrected chi connectivity index (χ0v) is 12.0. The fourth-order valence-electron chi connectivity index (χ4n) is 3.00. The van der Waals surface area contributed by atoms with Crippen LogP contribution in [0, 0.1) is 11.8 Å². The first kappa shape index (κ1) is 13.7. The van der Waals surface area contributed by atoms with E-state index in [1.54, 1.807) is 0 Å². The average Bonchev–Trinajstić information content (AvgIpc) is 2.33. The van der Waals surface area contributed by atoms with E-state index in [0.717, 1.165) is 30.3 Å². The third-order valence-corrected chi connectivity index (χ3v) is 6.11. The molecule has 1 saturated heterocycles. The molecule has 0 spiro atoms. The molecule has 1 aliphatic heterocycles. The van der Waals surface area contributed by atoms with E-state index in [1.807, 2.05) is 0 Å². The van der Waals surface area contributed by atoms with Crippen LogP contribution < -0.4 is 5.73 Å². The van der Waals surface area contributed by atoms with E-state index in [0.29, 0.717) is 11.3 Å². The number of hydrogen-bond acceptors (Lipinski definition) is 3. The summed E-state index contributed by atoms with van der Waals surface area (Å²) in [5, 5.41) is 1.49. The van der Waals surface area contributed by atoms with Crippen molar-refractivity contribution in [3.63, 3.8) is 0 Å². The highest BCUT2D eigenvalue weighted by Gasteiger charge is 2.32. The molecular formula is C14H27NOS. The van der Waals surface area contributed by atoms with Crippen LogP contribution >= 0.6 is 11.8 Å². The van der Waals surface area contributed by atoms with Crippen molar-refractivity contribution in [3.8, 4) is 0 Å². The lowest BCUT2D eigenvalue weighted by Crippen LogP contribution is -2.41. The van der Waals surface area contributed by atoms with Crippen molar-refractivity contribution in [2.45, 2.75) is 62.5 Å². The van der Waals surface area contributed by atoms with Crippen LogP contribution in [0.2, 0.25) is 0 Å². The molecule has 0 aromatic heterocycles. The van der Waals surface area contributed by atoms with E-state index in [1.165, 1.54) is 32.1 Å². The van der Waals surface area contributed by atoms with Crippen LogP contribution in [-0.4, -0.2) is 29.8 Å². The Labute approximate surface area is 110 Å². The van der Waals surface area contributed by atoms with Gasteiger partial charge in [0.25, 0.3) is 0 Å². The van der Waals surface area contributed by atoms with Crippen LogP contribution in [0.1, 0.15) is 46.0 Å². The van der Waals surface area contributed by atoms with Crippen LogP contribution in [0.5, 0.6) is 0 Å². The maximum atomic E-state index is 6.31. The van der Waals surface area contributed by atoms with Gasteiger partial charge in [0.05, 0.1) is 0 Å². The first-order valence-electron chi connectivity index (χ1n) is 7.15. The Kier molecular flexibility index (Phi) is 5.19. The molecule has 100 valence electrons. The minimum Gasteiger partial charge on any atom is -0.381 e. The van der Waals surface area contributed by atoms with Crippen molar-refractivity contribution in [2.24, 2.45) is 17.6 Å². The first-order chi connectivity index (χ1) is 8.16. The monoisotopic (exact) mass is 257 g/mol. The first-order valence-corrected chi connectivity index (χ1v) is 8.10.